The largest absolute Gasteiger partial charge is 0.385 e. The van der Waals surface area contributed by atoms with Crippen LogP contribution in [0.15, 0.2) is 30.6 Å². The number of hydrogen-bond donors (Lipinski definition) is 1. The molecule has 0 radical (unpaired) electrons. The van der Waals surface area contributed by atoms with Crippen LogP contribution in [-0.4, -0.2) is 14.7 Å². The first-order chi connectivity index (χ1) is 9.13. The molecule has 0 aliphatic carbocycles. The third kappa shape index (κ3) is 3.14. The summed E-state index contributed by atoms with van der Waals surface area (Å²) in [7, 11) is 0. The molecule has 102 valence electrons. The van der Waals surface area contributed by atoms with E-state index in [1.807, 2.05) is 17.7 Å². The Kier molecular flexibility index (Phi) is 4.56. The van der Waals surface area contributed by atoms with Gasteiger partial charge in [-0.05, 0) is 18.1 Å². The molecule has 1 aromatic heterocycles. The van der Waals surface area contributed by atoms with E-state index in [0.29, 0.717) is 11.4 Å². The molecule has 3 nitrogen and oxygen atoms in total. The fourth-order valence-electron chi connectivity index (χ4n) is 2.05. The minimum absolute atomic E-state index is 0.0709. The molecule has 1 unspecified atom stereocenters. The summed E-state index contributed by atoms with van der Waals surface area (Å²) in [4.78, 5) is 4.14. The highest BCUT2D eigenvalue weighted by Gasteiger charge is 2.17. The highest BCUT2D eigenvalue weighted by Crippen LogP contribution is 2.23. The molecule has 0 saturated heterocycles. The van der Waals surface area contributed by atoms with Gasteiger partial charge in [-0.2, -0.15) is 0 Å². The first kappa shape index (κ1) is 14.0. The number of aryl methyl sites for hydroxylation is 1. The number of aliphatic hydroxyl groups excluding tert-OH is 1. The molecular formula is C14H16ClFN2O. The van der Waals surface area contributed by atoms with Gasteiger partial charge in [0.05, 0.1) is 5.02 Å². The van der Waals surface area contributed by atoms with Crippen molar-refractivity contribution in [1.29, 1.82) is 0 Å². The second-order valence-corrected chi connectivity index (χ2v) is 4.82. The van der Waals surface area contributed by atoms with Gasteiger partial charge in [-0.3, -0.25) is 0 Å². The van der Waals surface area contributed by atoms with Gasteiger partial charge in [-0.25, -0.2) is 9.37 Å². The number of aliphatic hydroxyl groups is 1. The van der Waals surface area contributed by atoms with Gasteiger partial charge in [0.2, 0.25) is 0 Å². The molecule has 0 saturated carbocycles. The van der Waals surface area contributed by atoms with E-state index in [1.54, 1.807) is 18.3 Å². The topological polar surface area (TPSA) is 38.0 Å². The van der Waals surface area contributed by atoms with Crippen molar-refractivity contribution >= 4 is 11.6 Å². The highest BCUT2D eigenvalue weighted by molar-refractivity contribution is 6.30. The predicted octanol–water partition coefficient (Wildman–Crippen LogP) is 3.36. The third-order valence-electron chi connectivity index (χ3n) is 2.96. The molecule has 1 N–H and O–H groups in total. The number of halogens is 2. The second kappa shape index (κ2) is 6.17. The summed E-state index contributed by atoms with van der Waals surface area (Å²) in [5, 5.41) is 10.3. The molecule has 0 spiro atoms. The van der Waals surface area contributed by atoms with Gasteiger partial charge >= 0.3 is 0 Å². The van der Waals surface area contributed by atoms with Gasteiger partial charge in [0, 0.05) is 25.4 Å². The van der Waals surface area contributed by atoms with Gasteiger partial charge in [0.15, 0.2) is 0 Å². The van der Waals surface area contributed by atoms with E-state index in [2.05, 4.69) is 4.98 Å². The number of aromatic nitrogens is 2. The highest BCUT2D eigenvalue weighted by atomic mass is 35.5. The maximum atomic E-state index is 13.8. The summed E-state index contributed by atoms with van der Waals surface area (Å²) < 4.78 is 15.7. The number of hydrogen-bond acceptors (Lipinski definition) is 2. The predicted molar refractivity (Wildman–Crippen MR) is 72.6 cm³/mol. The number of imidazole rings is 1. The zero-order valence-electron chi connectivity index (χ0n) is 10.7. The fourth-order valence-corrected chi connectivity index (χ4v) is 2.25. The zero-order valence-corrected chi connectivity index (χ0v) is 11.4. The van der Waals surface area contributed by atoms with Crippen LogP contribution in [0.25, 0.3) is 0 Å². The van der Waals surface area contributed by atoms with E-state index in [-0.39, 0.29) is 11.4 Å². The Hall–Kier alpha value is -1.39. The first-order valence-corrected chi connectivity index (χ1v) is 6.63. The average Bonchev–Trinajstić information content (AvgIpc) is 2.84. The quantitative estimate of drug-likeness (QED) is 0.913. The van der Waals surface area contributed by atoms with Crippen molar-refractivity contribution in [2.75, 3.05) is 0 Å². The lowest BCUT2D eigenvalue weighted by atomic mass is 10.1. The van der Waals surface area contributed by atoms with Crippen LogP contribution in [-0.2, 0) is 13.0 Å². The monoisotopic (exact) mass is 282 g/mol. The van der Waals surface area contributed by atoms with Crippen LogP contribution in [0.3, 0.4) is 0 Å². The normalized spacial score (nSPS) is 12.6. The van der Waals surface area contributed by atoms with Crippen molar-refractivity contribution in [1.82, 2.24) is 9.55 Å². The van der Waals surface area contributed by atoms with Crippen molar-refractivity contribution in [2.24, 2.45) is 0 Å². The number of benzene rings is 1. The van der Waals surface area contributed by atoms with Crippen molar-refractivity contribution in [3.8, 4) is 0 Å². The van der Waals surface area contributed by atoms with Crippen LogP contribution in [0.4, 0.5) is 4.39 Å². The third-order valence-corrected chi connectivity index (χ3v) is 3.25. The Bertz CT molecular complexity index is 556. The van der Waals surface area contributed by atoms with Crippen LogP contribution in [0.5, 0.6) is 0 Å². The number of rotatable bonds is 5. The maximum Gasteiger partial charge on any atom is 0.145 e. The van der Waals surface area contributed by atoms with Crippen LogP contribution >= 0.6 is 11.6 Å². The minimum Gasteiger partial charge on any atom is -0.385 e. The second-order valence-electron chi connectivity index (χ2n) is 4.41. The van der Waals surface area contributed by atoms with Crippen molar-refractivity contribution < 1.29 is 9.50 Å². The summed E-state index contributed by atoms with van der Waals surface area (Å²) in [5.41, 5.74) is 0.394. The summed E-state index contributed by atoms with van der Waals surface area (Å²) in [5.74, 6) is 0.0815. The summed E-state index contributed by atoms with van der Waals surface area (Å²) >= 11 is 5.73. The fraction of sp³-hybridized carbons (Fsp3) is 0.357. The Balaban J connectivity index is 2.18. The Morgan fingerprint density at radius 1 is 1.47 bits per heavy atom. The average molecular weight is 283 g/mol. The van der Waals surface area contributed by atoms with Crippen LogP contribution in [0.2, 0.25) is 5.02 Å². The van der Waals surface area contributed by atoms with Gasteiger partial charge in [-0.1, -0.05) is 30.7 Å². The van der Waals surface area contributed by atoms with Crippen molar-refractivity contribution in [3.63, 3.8) is 0 Å². The molecule has 19 heavy (non-hydrogen) atoms. The van der Waals surface area contributed by atoms with Gasteiger partial charge in [-0.15, -0.1) is 0 Å². The molecule has 5 heteroatoms. The van der Waals surface area contributed by atoms with Crippen LogP contribution in [0, 0.1) is 5.82 Å². The molecular weight excluding hydrogens is 267 g/mol. The van der Waals surface area contributed by atoms with E-state index < -0.39 is 11.9 Å². The lowest BCUT2D eigenvalue weighted by molar-refractivity contribution is 0.162. The molecule has 1 atom stereocenters. The van der Waals surface area contributed by atoms with E-state index in [0.717, 1.165) is 13.0 Å². The molecule has 0 amide bonds. The molecule has 0 fully saturated rings. The molecule has 2 aromatic rings. The summed E-state index contributed by atoms with van der Waals surface area (Å²) in [6.45, 7) is 2.83. The smallest absolute Gasteiger partial charge is 0.145 e. The zero-order chi connectivity index (χ0) is 13.8. The molecule has 0 aliphatic rings. The maximum absolute atomic E-state index is 13.8. The SMILES string of the molecule is CCCn1ccnc1C(O)Cc1cccc(Cl)c1F. The van der Waals surface area contributed by atoms with Crippen LogP contribution < -0.4 is 0 Å². The van der Waals surface area contributed by atoms with Crippen LogP contribution in [0.1, 0.15) is 30.8 Å². The van der Waals surface area contributed by atoms with Crippen molar-refractivity contribution in [3.05, 3.63) is 52.8 Å². The molecule has 0 aliphatic heterocycles. The number of nitrogens with zero attached hydrogens (tertiary/aromatic N) is 2. The molecule has 0 bridgehead atoms. The standard InChI is InChI=1S/C14H16ClFN2O/c1-2-7-18-8-6-17-14(18)12(19)9-10-4-3-5-11(15)13(10)16/h3-6,8,12,19H,2,7,9H2,1H3. The minimum atomic E-state index is -0.838. The molecule has 1 aromatic carbocycles. The Morgan fingerprint density at radius 3 is 3.00 bits per heavy atom. The lowest BCUT2D eigenvalue weighted by Gasteiger charge is -2.13. The molecule has 1 heterocycles. The van der Waals surface area contributed by atoms with E-state index in [9.17, 15) is 9.50 Å². The van der Waals surface area contributed by atoms with Gasteiger partial charge in [0.1, 0.15) is 17.7 Å². The summed E-state index contributed by atoms with van der Waals surface area (Å²) in [6, 6.07) is 4.79. The summed E-state index contributed by atoms with van der Waals surface area (Å²) in [6.07, 6.45) is 3.72. The van der Waals surface area contributed by atoms with Crippen molar-refractivity contribution in [2.45, 2.75) is 32.4 Å². The first-order valence-electron chi connectivity index (χ1n) is 6.25. The lowest BCUT2D eigenvalue weighted by Crippen LogP contribution is -2.11. The van der Waals surface area contributed by atoms with E-state index in [4.69, 9.17) is 11.6 Å². The Labute approximate surface area is 116 Å². The molecule has 2 rings (SSSR count). The van der Waals surface area contributed by atoms with Gasteiger partial charge in [0.25, 0.3) is 0 Å². The van der Waals surface area contributed by atoms with Gasteiger partial charge < -0.3 is 9.67 Å². The van der Waals surface area contributed by atoms with E-state index >= 15 is 0 Å². The Morgan fingerprint density at radius 2 is 2.26 bits per heavy atom. The van der Waals surface area contributed by atoms with E-state index in [1.165, 1.54) is 6.07 Å².